The van der Waals surface area contributed by atoms with Crippen LogP contribution in [0.25, 0.3) is 0 Å². The summed E-state index contributed by atoms with van der Waals surface area (Å²) in [5.74, 6) is -0.429. The molecule has 0 spiro atoms. The highest BCUT2D eigenvalue weighted by molar-refractivity contribution is 5.92. The SMILES string of the molecule is Cc1cnn(CCN2CC(n3cc(C(N)=O)cn3)C2)c1. The van der Waals surface area contributed by atoms with Gasteiger partial charge in [-0.25, -0.2) is 0 Å². The maximum atomic E-state index is 11.0. The minimum atomic E-state index is -0.429. The largest absolute Gasteiger partial charge is 0.366 e. The molecule has 7 heteroatoms. The lowest BCUT2D eigenvalue weighted by atomic mass is 10.1. The third-order valence-corrected chi connectivity index (χ3v) is 3.61. The molecule has 1 aliphatic rings. The Morgan fingerprint density at radius 2 is 2.10 bits per heavy atom. The Hall–Kier alpha value is -2.15. The summed E-state index contributed by atoms with van der Waals surface area (Å²) in [6.45, 7) is 5.80. The van der Waals surface area contributed by atoms with Crippen LogP contribution < -0.4 is 5.73 Å². The van der Waals surface area contributed by atoms with Gasteiger partial charge in [-0.1, -0.05) is 0 Å². The van der Waals surface area contributed by atoms with Gasteiger partial charge < -0.3 is 5.73 Å². The predicted molar refractivity (Wildman–Crippen MR) is 73.2 cm³/mol. The van der Waals surface area contributed by atoms with Crippen molar-refractivity contribution >= 4 is 5.91 Å². The summed E-state index contributed by atoms with van der Waals surface area (Å²) >= 11 is 0. The van der Waals surface area contributed by atoms with Crippen LogP contribution in [0, 0.1) is 6.92 Å². The molecule has 1 amide bonds. The second-order valence-electron chi connectivity index (χ2n) is 5.27. The zero-order chi connectivity index (χ0) is 14.1. The summed E-state index contributed by atoms with van der Waals surface area (Å²) in [6, 6.07) is 0.336. The highest BCUT2D eigenvalue weighted by Gasteiger charge is 2.28. The second kappa shape index (κ2) is 5.09. The average Bonchev–Trinajstić information content (AvgIpc) is 2.96. The number of hydrogen-bond donors (Lipinski definition) is 1. The molecule has 0 aliphatic carbocycles. The first-order chi connectivity index (χ1) is 9.61. The Morgan fingerprint density at radius 3 is 2.70 bits per heavy atom. The molecular formula is C13H18N6O. The Labute approximate surface area is 117 Å². The van der Waals surface area contributed by atoms with Gasteiger partial charge in [0.1, 0.15) is 0 Å². The van der Waals surface area contributed by atoms with E-state index in [1.807, 2.05) is 28.7 Å². The van der Waals surface area contributed by atoms with Crippen LogP contribution in [0.1, 0.15) is 22.0 Å². The van der Waals surface area contributed by atoms with Crippen molar-refractivity contribution in [1.82, 2.24) is 24.5 Å². The molecule has 0 radical (unpaired) electrons. The first-order valence-corrected chi connectivity index (χ1v) is 6.67. The van der Waals surface area contributed by atoms with Crippen LogP contribution in [0.2, 0.25) is 0 Å². The summed E-state index contributed by atoms with van der Waals surface area (Å²) in [5.41, 5.74) is 6.87. The van der Waals surface area contributed by atoms with Gasteiger partial charge in [0, 0.05) is 32.0 Å². The van der Waals surface area contributed by atoms with Crippen LogP contribution in [-0.4, -0.2) is 50.0 Å². The maximum absolute atomic E-state index is 11.0. The third-order valence-electron chi connectivity index (χ3n) is 3.61. The number of likely N-dealkylation sites (tertiary alicyclic amines) is 1. The molecule has 0 saturated carbocycles. The lowest BCUT2D eigenvalue weighted by molar-refractivity contribution is 0.0930. The van der Waals surface area contributed by atoms with Gasteiger partial charge in [0.25, 0.3) is 5.91 Å². The molecule has 3 heterocycles. The molecule has 0 atom stereocenters. The fourth-order valence-electron chi connectivity index (χ4n) is 2.39. The molecule has 3 rings (SSSR count). The van der Waals surface area contributed by atoms with E-state index in [9.17, 15) is 4.79 Å². The number of aromatic nitrogens is 4. The third kappa shape index (κ3) is 2.57. The number of hydrogen-bond acceptors (Lipinski definition) is 4. The summed E-state index contributed by atoms with van der Waals surface area (Å²) in [5, 5.41) is 8.45. The van der Waals surface area contributed by atoms with E-state index in [4.69, 9.17) is 5.73 Å². The minimum absolute atomic E-state index is 0.336. The summed E-state index contributed by atoms with van der Waals surface area (Å²) in [4.78, 5) is 13.4. The van der Waals surface area contributed by atoms with Crippen molar-refractivity contribution in [1.29, 1.82) is 0 Å². The first kappa shape index (κ1) is 12.9. The number of nitrogens with two attached hydrogens (primary N) is 1. The zero-order valence-electron chi connectivity index (χ0n) is 11.4. The molecule has 1 aliphatic heterocycles. The Morgan fingerprint density at radius 1 is 1.30 bits per heavy atom. The molecule has 0 bridgehead atoms. The van der Waals surface area contributed by atoms with E-state index in [1.54, 1.807) is 6.20 Å². The topological polar surface area (TPSA) is 82.0 Å². The smallest absolute Gasteiger partial charge is 0.251 e. The number of carbonyl (C=O) groups excluding carboxylic acids is 1. The van der Waals surface area contributed by atoms with Crippen LogP contribution in [0.15, 0.2) is 24.8 Å². The van der Waals surface area contributed by atoms with Gasteiger partial charge in [-0.3, -0.25) is 19.1 Å². The predicted octanol–water partition coefficient (Wildman–Crippen LogP) is 0.0438. The summed E-state index contributed by atoms with van der Waals surface area (Å²) in [6.07, 6.45) is 7.16. The van der Waals surface area contributed by atoms with Crippen molar-refractivity contribution in [3.8, 4) is 0 Å². The van der Waals surface area contributed by atoms with Crippen LogP contribution in [0.4, 0.5) is 0 Å². The van der Waals surface area contributed by atoms with Crippen molar-refractivity contribution in [3.63, 3.8) is 0 Å². The molecular weight excluding hydrogens is 256 g/mol. The summed E-state index contributed by atoms with van der Waals surface area (Å²) in [7, 11) is 0. The van der Waals surface area contributed by atoms with Gasteiger partial charge in [-0.15, -0.1) is 0 Å². The number of rotatable bonds is 5. The van der Waals surface area contributed by atoms with E-state index in [1.165, 1.54) is 11.8 Å². The molecule has 2 aromatic heterocycles. The number of carbonyl (C=O) groups is 1. The molecule has 20 heavy (non-hydrogen) atoms. The van der Waals surface area contributed by atoms with Crippen LogP contribution >= 0.6 is 0 Å². The van der Waals surface area contributed by atoms with E-state index in [0.29, 0.717) is 11.6 Å². The summed E-state index contributed by atoms with van der Waals surface area (Å²) < 4.78 is 3.79. The van der Waals surface area contributed by atoms with E-state index in [-0.39, 0.29) is 0 Å². The fourth-order valence-corrected chi connectivity index (χ4v) is 2.39. The van der Waals surface area contributed by atoms with Crippen molar-refractivity contribution in [2.45, 2.75) is 19.5 Å². The molecule has 7 nitrogen and oxygen atoms in total. The maximum Gasteiger partial charge on any atom is 0.251 e. The second-order valence-corrected chi connectivity index (χ2v) is 5.27. The minimum Gasteiger partial charge on any atom is -0.366 e. The molecule has 1 saturated heterocycles. The standard InChI is InChI=1S/C13H18N6O/c1-10-4-15-18(6-10)3-2-17-8-12(9-17)19-7-11(5-16-19)13(14)20/h4-7,12H,2-3,8-9H2,1H3,(H2,14,20). The quantitative estimate of drug-likeness (QED) is 0.835. The van der Waals surface area contributed by atoms with Gasteiger partial charge in [-0.05, 0) is 12.5 Å². The lowest BCUT2D eigenvalue weighted by Crippen LogP contribution is -2.48. The average molecular weight is 274 g/mol. The number of nitrogens with zero attached hydrogens (tertiary/aromatic N) is 5. The number of amides is 1. The van der Waals surface area contributed by atoms with Crippen molar-refractivity contribution < 1.29 is 4.79 Å². The Kier molecular flexibility index (Phi) is 3.27. The Bertz CT molecular complexity index is 610. The van der Waals surface area contributed by atoms with E-state index >= 15 is 0 Å². The number of aryl methyl sites for hydroxylation is 1. The highest BCUT2D eigenvalue weighted by atomic mass is 16.1. The first-order valence-electron chi connectivity index (χ1n) is 6.67. The van der Waals surface area contributed by atoms with Gasteiger partial charge in [0.05, 0.1) is 30.5 Å². The highest BCUT2D eigenvalue weighted by Crippen LogP contribution is 2.20. The van der Waals surface area contributed by atoms with E-state index in [0.717, 1.165) is 26.2 Å². The molecule has 2 aromatic rings. The fraction of sp³-hybridized carbons (Fsp3) is 0.462. The molecule has 1 fully saturated rings. The monoisotopic (exact) mass is 274 g/mol. The van der Waals surface area contributed by atoms with Gasteiger partial charge in [0.15, 0.2) is 0 Å². The lowest BCUT2D eigenvalue weighted by Gasteiger charge is -2.39. The molecule has 106 valence electrons. The van der Waals surface area contributed by atoms with Gasteiger partial charge in [0.2, 0.25) is 0 Å². The van der Waals surface area contributed by atoms with Crippen LogP contribution in [0.3, 0.4) is 0 Å². The molecule has 2 N–H and O–H groups in total. The normalized spacial score (nSPS) is 16.2. The van der Waals surface area contributed by atoms with Gasteiger partial charge >= 0.3 is 0 Å². The Balaban J connectivity index is 1.47. The zero-order valence-corrected chi connectivity index (χ0v) is 11.4. The van der Waals surface area contributed by atoms with Crippen LogP contribution in [-0.2, 0) is 6.54 Å². The van der Waals surface area contributed by atoms with E-state index in [2.05, 4.69) is 15.1 Å². The molecule has 0 aromatic carbocycles. The molecule has 0 unspecified atom stereocenters. The van der Waals surface area contributed by atoms with E-state index < -0.39 is 5.91 Å². The van der Waals surface area contributed by atoms with Crippen molar-refractivity contribution in [2.24, 2.45) is 5.73 Å². The van der Waals surface area contributed by atoms with Crippen molar-refractivity contribution in [3.05, 3.63) is 35.9 Å². The van der Waals surface area contributed by atoms with Crippen LogP contribution in [0.5, 0.6) is 0 Å². The van der Waals surface area contributed by atoms with Crippen molar-refractivity contribution in [2.75, 3.05) is 19.6 Å². The number of primary amides is 1. The van der Waals surface area contributed by atoms with Gasteiger partial charge in [-0.2, -0.15) is 10.2 Å².